The number of nitriles is 1. The van der Waals surface area contributed by atoms with Crippen molar-refractivity contribution in [1.82, 2.24) is 0 Å². The zero-order valence-electron chi connectivity index (χ0n) is 14.0. The summed E-state index contributed by atoms with van der Waals surface area (Å²) >= 11 is 0. The summed E-state index contributed by atoms with van der Waals surface area (Å²) in [6.45, 7) is 0. The lowest BCUT2D eigenvalue weighted by Gasteiger charge is -2.27. The molecule has 122 valence electrons. The predicted octanol–water partition coefficient (Wildman–Crippen LogP) is 3.56. The Morgan fingerprint density at radius 1 is 1.17 bits per heavy atom. The molecule has 1 heterocycles. The standard InChI is InChI=1S/C20H21N3O/c1-23(2)15-9-11-17-16(10-8-14-6-4-3-5-7-14)18(13-21)20(22)24-19(17)12-15/h3-7,9,11-12,16H,8,10,22H2,1-2H3. The molecular weight excluding hydrogens is 298 g/mol. The van der Waals surface area contributed by atoms with Crippen molar-refractivity contribution < 1.29 is 4.74 Å². The van der Waals surface area contributed by atoms with Crippen LogP contribution in [0, 0.1) is 11.3 Å². The highest BCUT2D eigenvalue weighted by Crippen LogP contribution is 2.41. The number of aryl methyl sites for hydroxylation is 1. The minimum Gasteiger partial charge on any atom is -0.440 e. The van der Waals surface area contributed by atoms with E-state index in [1.165, 1.54) is 5.56 Å². The number of nitrogens with two attached hydrogens (primary N) is 1. The molecule has 1 aliphatic heterocycles. The van der Waals surface area contributed by atoms with E-state index in [0.717, 1.165) is 29.8 Å². The van der Waals surface area contributed by atoms with E-state index < -0.39 is 0 Å². The van der Waals surface area contributed by atoms with Crippen LogP contribution in [0.3, 0.4) is 0 Å². The van der Waals surface area contributed by atoms with E-state index >= 15 is 0 Å². The van der Waals surface area contributed by atoms with Crippen molar-refractivity contribution in [3.8, 4) is 11.8 Å². The van der Waals surface area contributed by atoms with E-state index in [1.54, 1.807) is 0 Å². The first-order valence-electron chi connectivity index (χ1n) is 8.03. The molecule has 0 aliphatic carbocycles. The number of allylic oxidation sites excluding steroid dienone is 1. The first-order valence-corrected chi connectivity index (χ1v) is 8.03. The maximum atomic E-state index is 9.52. The van der Waals surface area contributed by atoms with Crippen LogP contribution in [0.5, 0.6) is 5.75 Å². The Kier molecular flexibility index (Phi) is 4.43. The highest BCUT2D eigenvalue weighted by atomic mass is 16.5. The Bertz CT molecular complexity index is 803. The number of nitrogens with zero attached hydrogens (tertiary/aromatic N) is 2. The third-order valence-corrected chi connectivity index (χ3v) is 4.41. The van der Waals surface area contributed by atoms with E-state index in [9.17, 15) is 5.26 Å². The molecule has 0 bridgehead atoms. The van der Waals surface area contributed by atoms with E-state index in [4.69, 9.17) is 10.5 Å². The number of fused-ring (bicyclic) bond motifs is 1. The van der Waals surface area contributed by atoms with Crippen molar-refractivity contribution >= 4 is 5.69 Å². The molecule has 0 saturated heterocycles. The third kappa shape index (κ3) is 3.07. The average molecular weight is 319 g/mol. The number of hydrogen-bond acceptors (Lipinski definition) is 4. The fraction of sp³-hybridized carbons (Fsp3) is 0.250. The summed E-state index contributed by atoms with van der Waals surface area (Å²) in [6, 6.07) is 18.6. The Hall–Kier alpha value is -2.93. The molecule has 0 amide bonds. The van der Waals surface area contributed by atoms with Gasteiger partial charge in [-0.2, -0.15) is 5.26 Å². The van der Waals surface area contributed by atoms with Crippen LogP contribution < -0.4 is 15.4 Å². The first kappa shape index (κ1) is 15.9. The molecule has 1 aliphatic rings. The minimum absolute atomic E-state index is 0.0323. The predicted molar refractivity (Wildman–Crippen MR) is 95.7 cm³/mol. The number of rotatable bonds is 4. The summed E-state index contributed by atoms with van der Waals surface area (Å²) in [5, 5.41) is 9.52. The largest absolute Gasteiger partial charge is 0.440 e. The molecule has 0 spiro atoms. The highest BCUT2D eigenvalue weighted by molar-refractivity contribution is 5.58. The summed E-state index contributed by atoms with van der Waals surface area (Å²) in [5.41, 5.74) is 9.87. The molecule has 4 nitrogen and oxygen atoms in total. The quantitative estimate of drug-likeness (QED) is 0.936. The van der Waals surface area contributed by atoms with Gasteiger partial charge in [-0.15, -0.1) is 0 Å². The lowest BCUT2D eigenvalue weighted by molar-refractivity contribution is 0.385. The molecule has 3 rings (SSSR count). The molecular formula is C20H21N3O. The molecule has 0 radical (unpaired) electrons. The lowest BCUT2D eigenvalue weighted by Crippen LogP contribution is -2.21. The lowest BCUT2D eigenvalue weighted by atomic mass is 9.84. The molecule has 24 heavy (non-hydrogen) atoms. The van der Waals surface area contributed by atoms with Gasteiger partial charge in [0.2, 0.25) is 5.88 Å². The second kappa shape index (κ2) is 6.67. The van der Waals surface area contributed by atoms with Crippen LogP contribution in [0.2, 0.25) is 0 Å². The molecule has 0 fully saturated rings. The Balaban J connectivity index is 1.93. The van der Waals surface area contributed by atoms with Gasteiger partial charge in [-0.25, -0.2) is 0 Å². The Morgan fingerprint density at radius 3 is 2.58 bits per heavy atom. The average Bonchev–Trinajstić information content (AvgIpc) is 2.59. The zero-order chi connectivity index (χ0) is 17.1. The fourth-order valence-corrected chi connectivity index (χ4v) is 3.07. The maximum absolute atomic E-state index is 9.52. The van der Waals surface area contributed by atoms with Crippen LogP contribution in [0.1, 0.15) is 23.5 Å². The van der Waals surface area contributed by atoms with Crippen LogP contribution in [0.25, 0.3) is 0 Å². The monoisotopic (exact) mass is 319 g/mol. The van der Waals surface area contributed by atoms with Crippen LogP contribution >= 0.6 is 0 Å². The number of anilines is 1. The summed E-state index contributed by atoms with van der Waals surface area (Å²) in [7, 11) is 3.97. The number of ether oxygens (including phenoxy) is 1. The summed E-state index contributed by atoms with van der Waals surface area (Å²) in [6.07, 6.45) is 1.71. The summed E-state index contributed by atoms with van der Waals surface area (Å²) in [4.78, 5) is 2.02. The van der Waals surface area contributed by atoms with Crippen LogP contribution in [-0.4, -0.2) is 14.1 Å². The zero-order valence-corrected chi connectivity index (χ0v) is 14.0. The van der Waals surface area contributed by atoms with Gasteiger partial charge in [0.15, 0.2) is 0 Å². The van der Waals surface area contributed by atoms with Crippen molar-refractivity contribution in [3.05, 3.63) is 71.1 Å². The Labute approximate surface area is 142 Å². The molecule has 0 saturated carbocycles. The molecule has 4 heteroatoms. The molecule has 1 atom stereocenters. The first-order chi connectivity index (χ1) is 11.6. The Morgan fingerprint density at radius 2 is 1.92 bits per heavy atom. The molecule has 0 aromatic heterocycles. The molecule has 1 unspecified atom stereocenters. The van der Waals surface area contributed by atoms with Crippen molar-refractivity contribution in [3.63, 3.8) is 0 Å². The van der Waals surface area contributed by atoms with Crippen molar-refractivity contribution in [1.29, 1.82) is 5.26 Å². The smallest absolute Gasteiger partial charge is 0.205 e. The van der Waals surface area contributed by atoms with Gasteiger partial charge in [0, 0.05) is 37.3 Å². The second-order valence-corrected chi connectivity index (χ2v) is 6.19. The molecule has 2 aromatic rings. The van der Waals surface area contributed by atoms with Crippen LogP contribution in [0.15, 0.2) is 60.0 Å². The van der Waals surface area contributed by atoms with Gasteiger partial charge < -0.3 is 15.4 Å². The van der Waals surface area contributed by atoms with Gasteiger partial charge in [0.1, 0.15) is 11.8 Å². The minimum atomic E-state index is -0.0323. The number of benzene rings is 2. The van der Waals surface area contributed by atoms with E-state index in [1.807, 2.05) is 55.4 Å². The summed E-state index contributed by atoms with van der Waals surface area (Å²) < 4.78 is 5.72. The van der Waals surface area contributed by atoms with Crippen LogP contribution in [0.4, 0.5) is 5.69 Å². The third-order valence-electron chi connectivity index (χ3n) is 4.41. The van der Waals surface area contributed by atoms with E-state index in [2.05, 4.69) is 18.2 Å². The van der Waals surface area contributed by atoms with Gasteiger partial charge >= 0.3 is 0 Å². The molecule has 2 N–H and O–H groups in total. The maximum Gasteiger partial charge on any atom is 0.205 e. The topological polar surface area (TPSA) is 62.3 Å². The SMILES string of the molecule is CN(C)c1ccc2c(c1)OC(N)=C(C#N)C2CCc1ccccc1. The normalized spacial score (nSPS) is 16.1. The van der Waals surface area contributed by atoms with Gasteiger partial charge in [-0.1, -0.05) is 36.4 Å². The van der Waals surface area contributed by atoms with Gasteiger partial charge in [0.25, 0.3) is 0 Å². The van der Waals surface area contributed by atoms with Gasteiger partial charge in [0.05, 0.1) is 5.57 Å². The van der Waals surface area contributed by atoms with E-state index in [0.29, 0.717) is 5.57 Å². The van der Waals surface area contributed by atoms with Crippen LogP contribution in [-0.2, 0) is 6.42 Å². The van der Waals surface area contributed by atoms with Crippen molar-refractivity contribution in [2.45, 2.75) is 18.8 Å². The van der Waals surface area contributed by atoms with Gasteiger partial charge in [-0.05, 0) is 24.5 Å². The van der Waals surface area contributed by atoms with E-state index in [-0.39, 0.29) is 11.8 Å². The number of hydrogen-bond donors (Lipinski definition) is 1. The fourth-order valence-electron chi connectivity index (χ4n) is 3.07. The highest BCUT2D eigenvalue weighted by Gasteiger charge is 2.29. The molecule has 2 aromatic carbocycles. The van der Waals surface area contributed by atoms with Gasteiger partial charge in [-0.3, -0.25) is 0 Å². The summed E-state index contributed by atoms with van der Waals surface area (Å²) in [5.74, 6) is 0.935. The van der Waals surface area contributed by atoms with Crippen molar-refractivity contribution in [2.24, 2.45) is 5.73 Å². The van der Waals surface area contributed by atoms with Crippen molar-refractivity contribution in [2.75, 3.05) is 19.0 Å². The second-order valence-electron chi connectivity index (χ2n) is 6.19.